The molecule has 0 saturated heterocycles. The average molecular weight is 410 g/mol. The van der Waals surface area contributed by atoms with E-state index in [1.807, 2.05) is 56.4 Å². The van der Waals surface area contributed by atoms with E-state index >= 15 is 0 Å². The number of nitrogens with one attached hydrogen (secondary N) is 1. The molecule has 6 heteroatoms. The molecule has 1 heterocycles. The van der Waals surface area contributed by atoms with Gasteiger partial charge in [0.25, 0.3) is 5.91 Å². The van der Waals surface area contributed by atoms with Crippen molar-refractivity contribution in [2.75, 3.05) is 20.2 Å². The Morgan fingerprint density at radius 1 is 1.14 bits per heavy atom. The number of nitrogens with two attached hydrogens (primary N) is 1. The molecular formula is C23H24ClN3O2. The molecule has 0 aliphatic rings. The van der Waals surface area contributed by atoms with Gasteiger partial charge in [0.1, 0.15) is 11.4 Å². The number of pyridine rings is 1. The van der Waals surface area contributed by atoms with E-state index in [1.165, 1.54) is 0 Å². The fraction of sp³-hybridized carbons (Fsp3) is 0.217. The number of benzene rings is 2. The van der Waals surface area contributed by atoms with Crippen molar-refractivity contribution in [3.63, 3.8) is 0 Å². The lowest BCUT2D eigenvalue weighted by atomic mass is 9.95. The molecule has 0 radical (unpaired) electrons. The number of primary amides is 1. The Bertz CT molecular complexity index is 1020. The first kappa shape index (κ1) is 20.8. The van der Waals surface area contributed by atoms with Crippen molar-refractivity contribution in [1.29, 1.82) is 0 Å². The van der Waals surface area contributed by atoms with Gasteiger partial charge in [-0.2, -0.15) is 0 Å². The first-order chi connectivity index (χ1) is 14.0. The number of aromatic nitrogens is 1. The third kappa shape index (κ3) is 4.94. The first-order valence-corrected chi connectivity index (χ1v) is 9.83. The number of hydrogen-bond acceptors (Lipinski definition) is 4. The summed E-state index contributed by atoms with van der Waals surface area (Å²) in [7, 11) is 1.90. The lowest BCUT2D eigenvalue weighted by molar-refractivity contribution is 0.0995. The van der Waals surface area contributed by atoms with Gasteiger partial charge in [0, 0.05) is 11.1 Å². The van der Waals surface area contributed by atoms with Gasteiger partial charge in [-0.3, -0.25) is 4.79 Å². The first-order valence-electron chi connectivity index (χ1n) is 9.45. The van der Waals surface area contributed by atoms with Crippen molar-refractivity contribution in [2.45, 2.75) is 13.3 Å². The zero-order valence-corrected chi connectivity index (χ0v) is 17.3. The second kappa shape index (κ2) is 9.54. The van der Waals surface area contributed by atoms with Crippen molar-refractivity contribution < 1.29 is 9.53 Å². The largest absolute Gasteiger partial charge is 0.492 e. The normalized spacial score (nSPS) is 10.7. The molecule has 0 atom stereocenters. The van der Waals surface area contributed by atoms with Gasteiger partial charge >= 0.3 is 0 Å². The Morgan fingerprint density at radius 2 is 1.93 bits per heavy atom. The van der Waals surface area contributed by atoms with E-state index in [1.54, 1.807) is 12.1 Å². The fourth-order valence-corrected chi connectivity index (χ4v) is 3.27. The number of ether oxygens (including phenoxy) is 1. The standard InChI is InChI=1S/C23H24ClN3O2/c1-15-6-3-4-7-17(15)18-9-11-20(23(25)28)27-22(18)16-8-10-19(24)21(14-16)29-13-5-12-26-2/h3-4,6-11,14,26H,5,12-13H2,1-2H3,(H2,25,28). The molecular weight excluding hydrogens is 386 g/mol. The molecule has 0 fully saturated rings. The van der Waals surface area contributed by atoms with Crippen LogP contribution >= 0.6 is 11.6 Å². The maximum atomic E-state index is 11.7. The lowest BCUT2D eigenvalue weighted by Crippen LogP contribution is -2.13. The number of halogens is 1. The molecule has 1 amide bonds. The van der Waals surface area contributed by atoms with Crippen molar-refractivity contribution >= 4 is 17.5 Å². The Labute approximate surface area is 175 Å². The van der Waals surface area contributed by atoms with Crippen molar-refractivity contribution in [2.24, 2.45) is 5.73 Å². The zero-order chi connectivity index (χ0) is 20.8. The van der Waals surface area contributed by atoms with E-state index in [0.29, 0.717) is 23.1 Å². The summed E-state index contributed by atoms with van der Waals surface area (Å²) < 4.78 is 5.86. The van der Waals surface area contributed by atoms with Gasteiger partial charge in [-0.25, -0.2) is 4.98 Å². The van der Waals surface area contributed by atoms with Gasteiger partial charge < -0.3 is 15.8 Å². The smallest absolute Gasteiger partial charge is 0.267 e. The Kier molecular flexibility index (Phi) is 6.86. The van der Waals surface area contributed by atoms with E-state index in [9.17, 15) is 4.79 Å². The molecule has 0 aliphatic heterocycles. The highest BCUT2D eigenvalue weighted by atomic mass is 35.5. The van der Waals surface area contributed by atoms with E-state index in [0.717, 1.165) is 35.2 Å². The molecule has 0 saturated carbocycles. The molecule has 1 aromatic heterocycles. The number of nitrogens with zero attached hydrogens (tertiary/aromatic N) is 1. The topological polar surface area (TPSA) is 77.2 Å². The van der Waals surface area contributed by atoms with E-state index in [-0.39, 0.29) is 5.69 Å². The molecule has 5 nitrogen and oxygen atoms in total. The van der Waals surface area contributed by atoms with E-state index < -0.39 is 5.91 Å². The quantitative estimate of drug-likeness (QED) is 0.538. The molecule has 29 heavy (non-hydrogen) atoms. The number of rotatable bonds is 8. The van der Waals surface area contributed by atoms with Crippen LogP contribution in [0.1, 0.15) is 22.5 Å². The molecule has 0 bridgehead atoms. The minimum Gasteiger partial charge on any atom is -0.492 e. The van der Waals surface area contributed by atoms with Crippen molar-refractivity contribution in [1.82, 2.24) is 10.3 Å². The number of aryl methyl sites for hydroxylation is 1. The number of amides is 1. The van der Waals surface area contributed by atoms with Crippen LogP contribution in [0.4, 0.5) is 0 Å². The summed E-state index contributed by atoms with van der Waals surface area (Å²) in [6.45, 7) is 3.44. The van der Waals surface area contributed by atoms with Crippen molar-refractivity contribution in [3.8, 4) is 28.1 Å². The number of carbonyl (C=O) groups is 1. The molecule has 0 aliphatic carbocycles. The minimum absolute atomic E-state index is 0.212. The molecule has 0 unspecified atom stereocenters. The third-order valence-corrected chi connectivity index (χ3v) is 4.93. The van der Waals surface area contributed by atoms with Crippen LogP contribution in [0.15, 0.2) is 54.6 Å². The highest BCUT2D eigenvalue weighted by molar-refractivity contribution is 6.32. The van der Waals surface area contributed by atoms with Gasteiger partial charge in [0.15, 0.2) is 0 Å². The van der Waals surface area contributed by atoms with Crippen LogP contribution < -0.4 is 15.8 Å². The zero-order valence-electron chi connectivity index (χ0n) is 16.5. The predicted molar refractivity (Wildman–Crippen MR) is 117 cm³/mol. The maximum Gasteiger partial charge on any atom is 0.267 e. The van der Waals surface area contributed by atoms with Gasteiger partial charge in [-0.05, 0) is 62.3 Å². The third-order valence-electron chi connectivity index (χ3n) is 4.62. The summed E-state index contributed by atoms with van der Waals surface area (Å²) in [4.78, 5) is 16.3. The second-order valence-electron chi connectivity index (χ2n) is 6.72. The molecule has 0 spiro atoms. The monoisotopic (exact) mass is 409 g/mol. The average Bonchev–Trinajstić information content (AvgIpc) is 2.72. The lowest BCUT2D eigenvalue weighted by Gasteiger charge is -2.14. The van der Waals surface area contributed by atoms with Gasteiger partial charge in [0.05, 0.1) is 17.3 Å². The van der Waals surface area contributed by atoms with Gasteiger partial charge in [-0.15, -0.1) is 0 Å². The summed E-state index contributed by atoms with van der Waals surface area (Å²) in [5, 5.41) is 3.62. The molecule has 2 aromatic carbocycles. The van der Waals surface area contributed by atoms with Crippen LogP contribution in [0.25, 0.3) is 22.4 Å². The van der Waals surface area contributed by atoms with E-state index in [2.05, 4.69) is 10.3 Å². The second-order valence-corrected chi connectivity index (χ2v) is 7.13. The Morgan fingerprint density at radius 3 is 2.66 bits per heavy atom. The van der Waals surface area contributed by atoms with Crippen LogP contribution in [0.2, 0.25) is 5.02 Å². The van der Waals surface area contributed by atoms with Crippen LogP contribution in [0, 0.1) is 6.92 Å². The molecule has 3 rings (SSSR count). The Balaban J connectivity index is 2.08. The molecule has 3 aromatic rings. The maximum absolute atomic E-state index is 11.7. The Hall–Kier alpha value is -2.89. The fourth-order valence-electron chi connectivity index (χ4n) is 3.10. The molecule has 3 N–H and O–H groups in total. The van der Waals surface area contributed by atoms with Crippen LogP contribution in [-0.4, -0.2) is 31.1 Å². The van der Waals surface area contributed by atoms with Crippen LogP contribution in [0.3, 0.4) is 0 Å². The summed E-state index contributed by atoms with van der Waals surface area (Å²) in [5.74, 6) is 0.0161. The summed E-state index contributed by atoms with van der Waals surface area (Å²) in [6, 6.07) is 17.1. The van der Waals surface area contributed by atoms with Gasteiger partial charge in [-0.1, -0.05) is 41.9 Å². The highest BCUT2D eigenvalue weighted by Gasteiger charge is 2.15. The van der Waals surface area contributed by atoms with E-state index in [4.69, 9.17) is 22.1 Å². The summed E-state index contributed by atoms with van der Waals surface area (Å²) in [5.41, 5.74) is 10.2. The summed E-state index contributed by atoms with van der Waals surface area (Å²) in [6.07, 6.45) is 0.862. The number of hydrogen-bond donors (Lipinski definition) is 2. The number of carbonyl (C=O) groups excluding carboxylic acids is 1. The minimum atomic E-state index is -0.569. The van der Waals surface area contributed by atoms with Crippen LogP contribution in [-0.2, 0) is 0 Å². The van der Waals surface area contributed by atoms with Crippen LogP contribution in [0.5, 0.6) is 5.75 Å². The molecule has 150 valence electrons. The van der Waals surface area contributed by atoms with Crippen molar-refractivity contribution in [3.05, 3.63) is 70.9 Å². The summed E-state index contributed by atoms with van der Waals surface area (Å²) >= 11 is 6.33. The SMILES string of the molecule is CNCCCOc1cc(-c2nc(C(N)=O)ccc2-c2ccccc2C)ccc1Cl. The van der Waals surface area contributed by atoms with Gasteiger partial charge in [0.2, 0.25) is 0 Å². The highest BCUT2D eigenvalue weighted by Crippen LogP contribution is 2.36. The predicted octanol–water partition coefficient (Wildman–Crippen LogP) is 4.46.